The second-order valence-electron chi connectivity index (χ2n) is 6.77. The molecule has 0 aliphatic rings. The number of rotatable bonds is 6. The lowest BCUT2D eigenvalue weighted by atomic mass is 10.1. The van der Waals surface area contributed by atoms with Crippen molar-refractivity contribution >= 4 is 22.6 Å². The Labute approximate surface area is 161 Å². The number of carbonyl (C=O) groups excluding carboxylic acids is 1. The first-order valence-corrected chi connectivity index (χ1v) is 9.65. The van der Waals surface area contributed by atoms with Crippen molar-refractivity contribution in [1.29, 1.82) is 0 Å². The summed E-state index contributed by atoms with van der Waals surface area (Å²) in [5.74, 6) is 0.633. The van der Waals surface area contributed by atoms with Gasteiger partial charge in [0.1, 0.15) is 5.82 Å². The maximum Gasteiger partial charge on any atom is 0.420 e. The number of nitrogens with one attached hydrogen (secondary N) is 1. The Bertz CT molecular complexity index is 889. The largest absolute Gasteiger partial charge is 0.420 e. The van der Waals surface area contributed by atoms with Crippen LogP contribution in [0.15, 0.2) is 48.1 Å². The highest BCUT2D eigenvalue weighted by Crippen LogP contribution is 2.28. The molecule has 3 rings (SSSR count). The van der Waals surface area contributed by atoms with E-state index in [4.69, 9.17) is 4.74 Å². The smallest absolute Gasteiger partial charge is 0.393 e. The molecule has 1 atom stereocenters. The maximum absolute atomic E-state index is 13.2. The first-order valence-electron chi connectivity index (χ1n) is 8.77. The Balaban J connectivity index is 1.85. The number of anilines is 1. The fourth-order valence-corrected chi connectivity index (χ4v) is 3.39. The van der Waals surface area contributed by atoms with E-state index in [-0.39, 0.29) is 11.9 Å². The Morgan fingerprint density at radius 2 is 2.04 bits per heavy atom. The number of hydrogen-bond donors (Lipinski definition) is 1. The third-order valence-electron chi connectivity index (χ3n) is 4.12. The highest BCUT2D eigenvalue weighted by Gasteiger charge is 2.18. The molecule has 0 fully saturated rings. The fourth-order valence-electron chi connectivity index (χ4n) is 2.88. The van der Waals surface area contributed by atoms with Gasteiger partial charge >= 0.3 is 6.09 Å². The molecule has 1 aromatic carbocycles. The Morgan fingerprint density at radius 1 is 1.30 bits per heavy atom. The van der Waals surface area contributed by atoms with Crippen LogP contribution < -0.4 is 10.1 Å². The first-order chi connectivity index (χ1) is 12.9. The van der Waals surface area contributed by atoms with E-state index in [2.05, 4.69) is 24.1 Å². The van der Waals surface area contributed by atoms with Crippen LogP contribution >= 0.6 is 11.3 Å². The minimum Gasteiger partial charge on any atom is -0.393 e. The number of hydrogen-bond acceptors (Lipinski definition) is 4. The van der Waals surface area contributed by atoms with E-state index in [1.54, 1.807) is 23.7 Å². The number of aromatic nitrogens is 2. The minimum absolute atomic E-state index is 0.117. The number of halogens is 1. The van der Waals surface area contributed by atoms with Crippen LogP contribution in [0.5, 0.6) is 5.88 Å². The van der Waals surface area contributed by atoms with E-state index >= 15 is 0 Å². The number of nitrogens with zero attached hydrogens (tertiary/aromatic N) is 2. The van der Waals surface area contributed by atoms with Gasteiger partial charge in [0.15, 0.2) is 5.13 Å². The molecule has 0 radical (unpaired) electrons. The standard InChI is InChI=1S/C20H22FN3O2S/c1-13(2)10-15-11-18(26-20(25)23-19-22-8-9-27-19)24(12-15)14(3)16-4-6-17(21)7-5-16/h4-9,11-14H,10H2,1-3H3,(H,22,23,25). The Hall–Kier alpha value is -2.67. The summed E-state index contributed by atoms with van der Waals surface area (Å²) in [6.45, 7) is 6.25. The summed E-state index contributed by atoms with van der Waals surface area (Å²) in [7, 11) is 0. The van der Waals surface area contributed by atoms with Crippen molar-refractivity contribution in [3.8, 4) is 5.88 Å². The molecule has 27 heavy (non-hydrogen) atoms. The van der Waals surface area contributed by atoms with Gasteiger partial charge in [0, 0.05) is 23.8 Å². The molecular formula is C20H22FN3O2S. The van der Waals surface area contributed by atoms with Gasteiger partial charge in [0.25, 0.3) is 0 Å². The highest BCUT2D eigenvalue weighted by molar-refractivity contribution is 7.13. The van der Waals surface area contributed by atoms with Crippen LogP contribution in [0.4, 0.5) is 14.3 Å². The zero-order valence-electron chi connectivity index (χ0n) is 15.5. The molecular weight excluding hydrogens is 365 g/mol. The normalized spacial score (nSPS) is 12.2. The predicted octanol–water partition coefficient (Wildman–Crippen LogP) is 5.50. The molecule has 7 heteroatoms. The van der Waals surface area contributed by atoms with Crippen molar-refractivity contribution in [3.63, 3.8) is 0 Å². The van der Waals surface area contributed by atoms with E-state index in [1.807, 2.05) is 23.8 Å². The third-order valence-corrected chi connectivity index (χ3v) is 4.81. The van der Waals surface area contributed by atoms with Gasteiger partial charge in [-0.25, -0.2) is 14.2 Å². The molecule has 0 aliphatic carbocycles. The topological polar surface area (TPSA) is 56.1 Å². The summed E-state index contributed by atoms with van der Waals surface area (Å²) in [5, 5.41) is 4.87. The molecule has 5 nitrogen and oxygen atoms in total. The van der Waals surface area contributed by atoms with Crippen molar-refractivity contribution in [2.24, 2.45) is 5.92 Å². The van der Waals surface area contributed by atoms with Crippen LogP contribution in [-0.2, 0) is 6.42 Å². The van der Waals surface area contributed by atoms with E-state index in [0.717, 1.165) is 17.5 Å². The van der Waals surface area contributed by atoms with Crippen LogP contribution in [0, 0.1) is 11.7 Å². The summed E-state index contributed by atoms with van der Waals surface area (Å²) in [6, 6.07) is 8.10. The van der Waals surface area contributed by atoms with Gasteiger partial charge in [0.2, 0.25) is 5.88 Å². The van der Waals surface area contributed by atoms with Crippen LogP contribution in [-0.4, -0.2) is 15.6 Å². The highest BCUT2D eigenvalue weighted by atomic mass is 32.1. The summed E-state index contributed by atoms with van der Waals surface area (Å²) < 4.78 is 20.7. The molecule has 1 N–H and O–H groups in total. The zero-order chi connectivity index (χ0) is 19.4. The molecule has 0 aliphatic heterocycles. The van der Waals surface area contributed by atoms with Gasteiger partial charge in [-0.15, -0.1) is 11.3 Å². The molecule has 2 aromatic heterocycles. The Morgan fingerprint density at radius 3 is 2.67 bits per heavy atom. The fraction of sp³-hybridized carbons (Fsp3) is 0.300. The van der Waals surface area contributed by atoms with Crippen molar-refractivity contribution < 1.29 is 13.9 Å². The maximum atomic E-state index is 13.2. The van der Waals surface area contributed by atoms with Gasteiger partial charge in [0.05, 0.1) is 6.04 Å². The number of carbonyl (C=O) groups is 1. The second kappa shape index (κ2) is 8.35. The molecule has 142 valence electrons. The van der Waals surface area contributed by atoms with Crippen LogP contribution in [0.2, 0.25) is 0 Å². The van der Waals surface area contributed by atoms with Crippen molar-refractivity contribution in [2.45, 2.75) is 33.2 Å². The van der Waals surface area contributed by atoms with Crippen LogP contribution in [0.1, 0.15) is 37.9 Å². The number of benzene rings is 1. The minimum atomic E-state index is -0.591. The number of ether oxygens (including phenoxy) is 1. The molecule has 0 bridgehead atoms. The van der Waals surface area contributed by atoms with Gasteiger partial charge in [-0.2, -0.15) is 0 Å². The lowest BCUT2D eigenvalue weighted by Gasteiger charge is -2.17. The zero-order valence-corrected chi connectivity index (χ0v) is 16.3. The molecule has 2 heterocycles. The van der Waals surface area contributed by atoms with Gasteiger partial charge in [-0.05, 0) is 42.5 Å². The lowest BCUT2D eigenvalue weighted by molar-refractivity contribution is 0.210. The average molecular weight is 387 g/mol. The van der Waals surface area contributed by atoms with Crippen molar-refractivity contribution in [1.82, 2.24) is 9.55 Å². The molecule has 3 aromatic rings. The predicted molar refractivity (Wildman–Crippen MR) is 105 cm³/mol. The van der Waals surface area contributed by atoms with Crippen LogP contribution in [0.3, 0.4) is 0 Å². The number of amides is 1. The summed E-state index contributed by atoms with van der Waals surface area (Å²) >= 11 is 1.32. The summed E-state index contributed by atoms with van der Waals surface area (Å²) in [5.41, 5.74) is 2.00. The molecule has 1 unspecified atom stereocenters. The van der Waals surface area contributed by atoms with Crippen LogP contribution in [0.25, 0.3) is 0 Å². The summed E-state index contributed by atoms with van der Waals surface area (Å²) in [6.07, 6.45) is 3.88. The summed E-state index contributed by atoms with van der Waals surface area (Å²) in [4.78, 5) is 16.3. The lowest BCUT2D eigenvalue weighted by Crippen LogP contribution is -2.19. The van der Waals surface area contributed by atoms with E-state index in [1.165, 1.54) is 23.5 Å². The third kappa shape index (κ3) is 4.95. The SMILES string of the molecule is CC(C)Cc1cc(OC(=O)Nc2nccs2)n(C(C)c2ccc(F)cc2)c1. The van der Waals surface area contributed by atoms with E-state index in [9.17, 15) is 9.18 Å². The monoisotopic (exact) mass is 387 g/mol. The molecule has 1 amide bonds. The molecule has 0 saturated carbocycles. The van der Waals surface area contributed by atoms with Crippen molar-refractivity contribution in [2.75, 3.05) is 5.32 Å². The average Bonchev–Trinajstić information content (AvgIpc) is 3.24. The van der Waals surface area contributed by atoms with E-state index in [0.29, 0.717) is 16.9 Å². The van der Waals surface area contributed by atoms with Gasteiger partial charge < -0.3 is 9.30 Å². The molecule has 0 saturated heterocycles. The first kappa shape index (κ1) is 19.1. The van der Waals surface area contributed by atoms with E-state index < -0.39 is 6.09 Å². The van der Waals surface area contributed by atoms with Gasteiger partial charge in [-0.3, -0.25) is 5.32 Å². The second-order valence-corrected chi connectivity index (χ2v) is 7.67. The quantitative estimate of drug-likeness (QED) is 0.607. The van der Waals surface area contributed by atoms with Gasteiger partial charge in [-0.1, -0.05) is 26.0 Å². The molecule has 0 spiro atoms. The Kier molecular flexibility index (Phi) is 5.91. The number of thiazole rings is 1. The van der Waals surface area contributed by atoms with Crippen molar-refractivity contribution in [3.05, 3.63) is 65.0 Å².